The van der Waals surface area contributed by atoms with Gasteiger partial charge in [-0.15, -0.1) is 0 Å². The summed E-state index contributed by atoms with van der Waals surface area (Å²) in [5, 5.41) is 6.17. The van der Waals surface area contributed by atoms with Gasteiger partial charge in [0.2, 0.25) is 0 Å². The number of anilines is 1. The SMILES string of the molecule is O=C(NC1CC1)c1cncc(NCc2ccccn2)c1. The van der Waals surface area contributed by atoms with Crippen molar-refractivity contribution in [3.8, 4) is 0 Å². The number of nitrogens with one attached hydrogen (secondary N) is 2. The topological polar surface area (TPSA) is 66.9 Å². The number of carbonyl (C=O) groups is 1. The zero-order valence-corrected chi connectivity index (χ0v) is 11.0. The van der Waals surface area contributed by atoms with Gasteiger partial charge in [-0.05, 0) is 31.0 Å². The van der Waals surface area contributed by atoms with Crippen molar-refractivity contribution in [2.24, 2.45) is 0 Å². The Balaban J connectivity index is 1.63. The number of carbonyl (C=O) groups excluding carboxylic acids is 1. The molecule has 0 aliphatic heterocycles. The van der Waals surface area contributed by atoms with Gasteiger partial charge in [0.25, 0.3) is 5.91 Å². The Hall–Kier alpha value is -2.43. The van der Waals surface area contributed by atoms with Crippen molar-refractivity contribution < 1.29 is 4.79 Å². The van der Waals surface area contributed by atoms with E-state index < -0.39 is 0 Å². The summed E-state index contributed by atoms with van der Waals surface area (Å²) >= 11 is 0. The lowest BCUT2D eigenvalue weighted by Gasteiger charge is -2.07. The molecule has 0 unspecified atom stereocenters. The first-order valence-electron chi connectivity index (χ1n) is 6.71. The lowest BCUT2D eigenvalue weighted by molar-refractivity contribution is 0.0951. The van der Waals surface area contributed by atoms with Gasteiger partial charge < -0.3 is 10.6 Å². The molecule has 5 nitrogen and oxygen atoms in total. The van der Waals surface area contributed by atoms with Crippen LogP contribution in [0, 0.1) is 0 Å². The van der Waals surface area contributed by atoms with E-state index in [0.717, 1.165) is 24.2 Å². The molecule has 1 amide bonds. The van der Waals surface area contributed by atoms with E-state index in [4.69, 9.17) is 0 Å². The molecule has 2 aromatic rings. The van der Waals surface area contributed by atoms with E-state index >= 15 is 0 Å². The second kappa shape index (κ2) is 5.69. The maximum atomic E-state index is 11.9. The normalized spacial score (nSPS) is 13.8. The third-order valence-electron chi connectivity index (χ3n) is 3.11. The van der Waals surface area contributed by atoms with Crippen molar-refractivity contribution in [2.75, 3.05) is 5.32 Å². The van der Waals surface area contributed by atoms with Crippen LogP contribution in [0.1, 0.15) is 28.9 Å². The van der Waals surface area contributed by atoms with E-state index in [1.54, 1.807) is 18.6 Å². The summed E-state index contributed by atoms with van der Waals surface area (Å²) in [5.41, 5.74) is 2.35. The van der Waals surface area contributed by atoms with Gasteiger partial charge in [0, 0.05) is 24.6 Å². The average Bonchev–Trinajstić information content (AvgIpc) is 3.30. The zero-order chi connectivity index (χ0) is 13.8. The van der Waals surface area contributed by atoms with Gasteiger partial charge in [0.1, 0.15) is 0 Å². The minimum Gasteiger partial charge on any atom is -0.378 e. The second-order valence-corrected chi connectivity index (χ2v) is 4.88. The van der Waals surface area contributed by atoms with Crippen molar-refractivity contribution >= 4 is 11.6 Å². The Kier molecular flexibility index (Phi) is 3.58. The zero-order valence-electron chi connectivity index (χ0n) is 11.0. The number of pyridine rings is 2. The quantitative estimate of drug-likeness (QED) is 0.870. The molecule has 0 spiro atoms. The van der Waals surface area contributed by atoms with Crippen LogP contribution in [0.15, 0.2) is 42.9 Å². The Morgan fingerprint density at radius 3 is 2.95 bits per heavy atom. The highest BCUT2D eigenvalue weighted by molar-refractivity contribution is 5.95. The van der Waals surface area contributed by atoms with Gasteiger partial charge in [-0.1, -0.05) is 6.07 Å². The van der Waals surface area contributed by atoms with Gasteiger partial charge in [-0.25, -0.2) is 0 Å². The molecule has 2 aromatic heterocycles. The van der Waals surface area contributed by atoms with Crippen LogP contribution in [-0.4, -0.2) is 21.9 Å². The molecule has 2 heterocycles. The van der Waals surface area contributed by atoms with Gasteiger partial charge in [-0.3, -0.25) is 14.8 Å². The summed E-state index contributed by atoms with van der Waals surface area (Å²) in [4.78, 5) is 20.3. The molecule has 2 N–H and O–H groups in total. The van der Waals surface area contributed by atoms with Crippen LogP contribution in [0.4, 0.5) is 5.69 Å². The molecule has 1 saturated carbocycles. The van der Waals surface area contributed by atoms with Crippen LogP contribution in [0.5, 0.6) is 0 Å². The lowest BCUT2D eigenvalue weighted by atomic mass is 10.2. The predicted octanol–water partition coefficient (Wildman–Crippen LogP) is 1.98. The highest BCUT2D eigenvalue weighted by Gasteiger charge is 2.23. The number of aromatic nitrogens is 2. The van der Waals surface area contributed by atoms with Crippen molar-refractivity contribution in [1.82, 2.24) is 15.3 Å². The fourth-order valence-electron chi connectivity index (χ4n) is 1.85. The molecule has 0 radical (unpaired) electrons. The number of hydrogen-bond donors (Lipinski definition) is 2. The summed E-state index contributed by atoms with van der Waals surface area (Å²) in [6.45, 7) is 0.607. The molecular weight excluding hydrogens is 252 g/mol. The molecule has 1 aliphatic carbocycles. The molecular formula is C15H16N4O. The van der Waals surface area contributed by atoms with Gasteiger partial charge in [0.05, 0.1) is 23.5 Å². The third kappa shape index (κ3) is 3.32. The molecule has 20 heavy (non-hydrogen) atoms. The highest BCUT2D eigenvalue weighted by Crippen LogP contribution is 2.19. The average molecular weight is 268 g/mol. The van der Waals surface area contributed by atoms with Crippen molar-refractivity contribution in [1.29, 1.82) is 0 Å². The Morgan fingerprint density at radius 1 is 1.30 bits per heavy atom. The minimum atomic E-state index is -0.0542. The largest absolute Gasteiger partial charge is 0.378 e. The number of rotatable bonds is 5. The standard InChI is InChI=1S/C15H16N4O/c20-15(19-12-4-5-12)11-7-14(9-16-8-11)18-10-13-3-1-2-6-17-13/h1-3,6-9,12,18H,4-5,10H2,(H,19,20). The van der Waals surface area contributed by atoms with Crippen molar-refractivity contribution in [3.63, 3.8) is 0 Å². The van der Waals surface area contributed by atoms with E-state index in [1.807, 2.05) is 24.3 Å². The summed E-state index contributed by atoms with van der Waals surface area (Å²) in [6.07, 6.45) is 7.21. The second-order valence-electron chi connectivity index (χ2n) is 4.88. The molecule has 0 saturated heterocycles. The predicted molar refractivity (Wildman–Crippen MR) is 76.3 cm³/mol. The third-order valence-corrected chi connectivity index (χ3v) is 3.11. The van der Waals surface area contributed by atoms with Crippen molar-refractivity contribution in [2.45, 2.75) is 25.4 Å². The van der Waals surface area contributed by atoms with E-state index in [1.165, 1.54) is 0 Å². The lowest BCUT2D eigenvalue weighted by Crippen LogP contribution is -2.25. The van der Waals surface area contributed by atoms with E-state index in [9.17, 15) is 4.79 Å². The van der Waals surface area contributed by atoms with E-state index in [0.29, 0.717) is 18.2 Å². The molecule has 102 valence electrons. The molecule has 0 bridgehead atoms. The fourth-order valence-corrected chi connectivity index (χ4v) is 1.85. The first kappa shape index (κ1) is 12.6. The fraction of sp³-hybridized carbons (Fsp3) is 0.267. The van der Waals surface area contributed by atoms with Gasteiger partial charge in [0.15, 0.2) is 0 Å². The van der Waals surface area contributed by atoms with Crippen LogP contribution in [0.2, 0.25) is 0 Å². The van der Waals surface area contributed by atoms with E-state index in [-0.39, 0.29) is 5.91 Å². The first-order chi connectivity index (χ1) is 9.81. The summed E-state index contributed by atoms with van der Waals surface area (Å²) in [6, 6.07) is 7.94. The monoisotopic (exact) mass is 268 g/mol. The number of hydrogen-bond acceptors (Lipinski definition) is 4. The maximum Gasteiger partial charge on any atom is 0.253 e. The number of amides is 1. The summed E-state index contributed by atoms with van der Waals surface area (Å²) in [5.74, 6) is -0.0542. The Morgan fingerprint density at radius 2 is 2.20 bits per heavy atom. The van der Waals surface area contributed by atoms with Crippen LogP contribution in [0.25, 0.3) is 0 Å². The van der Waals surface area contributed by atoms with Crippen LogP contribution < -0.4 is 10.6 Å². The molecule has 0 aromatic carbocycles. The molecule has 5 heteroatoms. The smallest absolute Gasteiger partial charge is 0.253 e. The molecule has 1 fully saturated rings. The molecule has 0 atom stereocenters. The van der Waals surface area contributed by atoms with Gasteiger partial charge >= 0.3 is 0 Å². The van der Waals surface area contributed by atoms with Crippen molar-refractivity contribution in [3.05, 3.63) is 54.1 Å². The van der Waals surface area contributed by atoms with Gasteiger partial charge in [-0.2, -0.15) is 0 Å². The van der Waals surface area contributed by atoms with Crippen LogP contribution in [-0.2, 0) is 6.54 Å². The minimum absolute atomic E-state index is 0.0542. The highest BCUT2D eigenvalue weighted by atomic mass is 16.1. The summed E-state index contributed by atoms with van der Waals surface area (Å²) < 4.78 is 0. The Labute approximate surface area is 117 Å². The Bertz CT molecular complexity index is 596. The maximum absolute atomic E-state index is 11.9. The molecule has 3 rings (SSSR count). The first-order valence-corrected chi connectivity index (χ1v) is 6.71. The van der Waals surface area contributed by atoms with Crippen LogP contribution in [0.3, 0.4) is 0 Å². The number of nitrogens with zero attached hydrogens (tertiary/aromatic N) is 2. The van der Waals surface area contributed by atoms with Crippen LogP contribution >= 0.6 is 0 Å². The summed E-state index contributed by atoms with van der Waals surface area (Å²) in [7, 11) is 0. The van der Waals surface area contributed by atoms with E-state index in [2.05, 4.69) is 20.6 Å². The molecule has 1 aliphatic rings.